The highest BCUT2D eigenvalue weighted by atomic mass is 16.3. The molecule has 0 aliphatic heterocycles. The van der Waals surface area contributed by atoms with E-state index in [1.54, 1.807) is 0 Å². The molecule has 0 spiro atoms. The molecular weight excluding hydrogens is 560 g/mol. The number of furan rings is 1. The Kier molecular flexibility index (Phi) is 6.14. The molecule has 216 valence electrons. The predicted octanol–water partition coefficient (Wildman–Crippen LogP) is 12.1. The molecule has 0 saturated carbocycles. The molecule has 0 saturated heterocycles. The van der Waals surface area contributed by atoms with Crippen molar-refractivity contribution in [3.05, 3.63) is 170 Å². The van der Waals surface area contributed by atoms with Crippen LogP contribution < -0.4 is 4.90 Å². The summed E-state index contributed by atoms with van der Waals surface area (Å²) in [6.45, 7) is 0. The molecule has 9 rings (SSSR count). The lowest BCUT2D eigenvalue weighted by Gasteiger charge is -2.26. The first-order chi connectivity index (χ1) is 22.8. The molecule has 3 heteroatoms. The zero-order chi connectivity index (χ0) is 30.5. The van der Waals surface area contributed by atoms with Crippen LogP contribution >= 0.6 is 0 Å². The Morgan fingerprint density at radius 1 is 0.435 bits per heavy atom. The van der Waals surface area contributed by atoms with Crippen LogP contribution in [0.3, 0.4) is 0 Å². The van der Waals surface area contributed by atoms with Crippen LogP contribution in [0.1, 0.15) is 0 Å². The molecule has 0 N–H and O–H groups in total. The van der Waals surface area contributed by atoms with Crippen molar-refractivity contribution in [3.63, 3.8) is 0 Å². The van der Waals surface area contributed by atoms with Gasteiger partial charge in [0.05, 0.1) is 0 Å². The number of nitrogens with zero attached hydrogens (tertiary/aromatic N) is 2. The van der Waals surface area contributed by atoms with Crippen LogP contribution in [0.25, 0.3) is 65.9 Å². The molecule has 0 radical (unpaired) electrons. The highest BCUT2D eigenvalue weighted by Gasteiger charge is 2.22. The van der Waals surface area contributed by atoms with Crippen molar-refractivity contribution in [3.8, 4) is 22.3 Å². The summed E-state index contributed by atoms with van der Waals surface area (Å²) < 4.78 is 6.41. The maximum atomic E-state index is 6.41. The lowest BCUT2D eigenvalue weighted by molar-refractivity contribution is 0.672. The van der Waals surface area contributed by atoms with Crippen LogP contribution in [0.15, 0.2) is 174 Å². The lowest BCUT2D eigenvalue weighted by atomic mass is 9.98. The molecule has 2 aromatic heterocycles. The zero-order valence-electron chi connectivity index (χ0n) is 25.0. The quantitative estimate of drug-likeness (QED) is 0.200. The minimum atomic E-state index is 0.810. The van der Waals surface area contributed by atoms with Gasteiger partial charge in [0, 0.05) is 27.5 Å². The van der Waals surface area contributed by atoms with E-state index in [0.717, 1.165) is 55.6 Å². The van der Waals surface area contributed by atoms with Gasteiger partial charge < -0.3 is 4.42 Å². The van der Waals surface area contributed by atoms with Crippen LogP contribution in [-0.2, 0) is 0 Å². The highest BCUT2D eigenvalue weighted by molar-refractivity contribution is 6.16. The SMILES string of the molecule is c1ccc(-c2cccc(N(c3ccc(-c4cccc5ccccc45)cc3)c3nc4c5ccccc5oc4c4ccccc34)c2)cc1. The molecule has 3 nitrogen and oxygen atoms in total. The molecule has 0 fully saturated rings. The third kappa shape index (κ3) is 4.33. The highest BCUT2D eigenvalue weighted by Crippen LogP contribution is 2.43. The maximum Gasteiger partial charge on any atom is 0.161 e. The first kappa shape index (κ1) is 26.2. The molecule has 7 aromatic carbocycles. The van der Waals surface area contributed by atoms with Gasteiger partial charge in [-0.15, -0.1) is 0 Å². The van der Waals surface area contributed by atoms with Gasteiger partial charge in [0.1, 0.15) is 16.9 Å². The molecule has 46 heavy (non-hydrogen) atoms. The summed E-state index contributed by atoms with van der Waals surface area (Å²) in [5, 5.41) is 5.55. The topological polar surface area (TPSA) is 29.3 Å². The fraction of sp³-hybridized carbons (Fsp3) is 0. The molecule has 9 aromatic rings. The number of hydrogen-bond donors (Lipinski definition) is 0. The molecule has 0 atom stereocenters. The average molecular weight is 589 g/mol. The summed E-state index contributed by atoms with van der Waals surface area (Å²) in [4.78, 5) is 7.68. The number of pyridine rings is 1. The normalized spacial score (nSPS) is 11.5. The maximum absolute atomic E-state index is 6.41. The van der Waals surface area contributed by atoms with Crippen LogP contribution in [0.5, 0.6) is 0 Å². The Morgan fingerprint density at radius 3 is 1.93 bits per heavy atom. The lowest BCUT2D eigenvalue weighted by Crippen LogP contribution is -2.12. The van der Waals surface area contributed by atoms with Crippen molar-refractivity contribution in [2.24, 2.45) is 0 Å². The molecule has 0 bridgehead atoms. The number of benzene rings is 7. The van der Waals surface area contributed by atoms with Crippen molar-refractivity contribution in [1.82, 2.24) is 4.98 Å². The van der Waals surface area contributed by atoms with E-state index in [1.165, 1.54) is 27.5 Å². The van der Waals surface area contributed by atoms with Crippen molar-refractivity contribution in [2.75, 3.05) is 4.90 Å². The Hall–Kier alpha value is -6.19. The summed E-state index contributed by atoms with van der Waals surface area (Å²) in [5.41, 5.74) is 9.28. The fourth-order valence-corrected chi connectivity index (χ4v) is 6.65. The van der Waals surface area contributed by atoms with Crippen molar-refractivity contribution >= 4 is 60.8 Å². The standard InChI is InChI=1S/C43H28N2O/c1-2-12-29(13-3-1)32-16-10-17-34(28-32)45(33-26-24-31(25-27-33)36-22-11-15-30-14-4-5-18-35(30)36)43-38-20-7-6-19-37(38)42-41(44-43)39-21-8-9-23-40(39)46-42/h1-28H. The Labute approximate surface area is 266 Å². The smallest absolute Gasteiger partial charge is 0.161 e. The molecule has 0 amide bonds. The third-order valence-electron chi connectivity index (χ3n) is 8.85. The van der Waals surface area contributed by atoms with Gasteiger partial charge in [-0.25, -0.2) is 4.98 Å². The van der Waals surface area contributed by atoms with Gasteiger partial charge in [-0.1, -0.05) is 133 Å². The van der Waals surface area contributed by atoms with E-state index in [9.17, 15) is 0 Å². The summed E-state index contributed by atoms with van der Waals surface area (Å²) in [6.07, 6.45) is 0. The van der Waals surface area contributed by atoms with Crippen LogP contribution in [0.4, 0.5) is 17.2 Å². The number of hydrogen-bond acceptors (Lipinski definition) is 3. The third-order valence-corrected chi connectivity index (χ3v) is 8.85. The van der Waals surface area contributed by atoms with Crippen LogP contribution in [0, 0.1) is 0 Å². The molecule has 0 aliphatic rings. The monoisotopic (exact) mass is 588 g/mol. The van der Waals surface area contributed by atoms with Gasteiger partial charge in [0.15, 0.2) is 5.58 Å². The summed E-state index contributed by atoms with van der Waals surface area (Å²) in [6, 6.07) is 59.7. The zero-order valence-corrected chi connectivity index (χ0v) is 25.0. The van der Waals surface area contributed by atoms with Gasteiger partial charge in [-0.05, 0) is 69.4 Å². The Bertz CT molecular complexity index is 2530. The van der Waals surface area contributed by atoms with Crippen molar-refractivity contribution in [2.45, 2.75) is 0 Å². The van der Waals surface area contributed by atoms with Crippen LogP contribution in [-0.4, -0.2) is 4.98 Å². The van der Waals surface area contributed by atoms with E-state index in [-0.39, 0.29) is 0 Å². The summed E-state index contributed by atoms with van der Waals surface area (Å²) >= 11 is 0. The average Bonchev–Trinajstić information content (AvgIpc) is 3.51. The van der Waals surface area contributed by atoms with E-state index in [2.05, 4.69) is 157 Å². The second-order valence-electron chi connectivity index (χ2n) is 11.6. The van der Waals surface area contributed by atoms with E-state index >= 15 is 0 Å². The summed E-state index contributed by atoms with van der Waals surface area (Å²) in [5.74, 6) is 0.859. The van der Waals surface area contributed by atoms with Gasteiger partial charge in [-0.2, -0.15) is 0 Å². The predicted molar refractivity (Wildman–Crippen MR) is 192 cm³/mol. The van der Waals surface area contributed by atoms with E-state index in [4.69, 9.17) is 9.40 Å². The van der Waals surface area contributed by atoms with Crippen molar-refractivity contribution in [1.29, 1.82) is 0 Å². The second kappa shape index (κ2) is 10.8. The van der Waals surface area contributed by atoms with E-state index in [1.807, 2.05) is 18.2 Å². The molecule has 0 aliphatic carbocycles. The van der Waals surface area contributed by atoms with Gasteiger partial charge in [0.2, 0.25) is 0 Å². The number of aromatic nitrogens is 1. The number of rotatable bonds is 5. The molecule has 2 heterocycles. The Balaban J connectivity index is 1.28. The summed E-state index contributed by atoms with van der Waals surface area (Å²) in [7, 11) is 0. The first-order valence-corrected chi connectivity index (χ1v) is 15.6. The van der Waals surface area contributed by atoms with E-state index < -0.39 is 0 Å². The largest absolute Gasteiger partial charge is 0.454 e. The second-order valence-corrected chi connectivity index (χ2v) is 11.6. The minimum absolute atomic E-state index is 0.810. The van der Waals surface area contributed by atoms with Gasteiger partial charge in [0.25, 0.3) is 0 Å². The number of anilines is 3. The van der Waals surface area contributed by atoms with Gasteiger partial charge >= 0.3 is 0 Å². The fourth-order valence-electron chi connectivity index (χ4n) is 6.65. The first-order valence-electron chi connectivity index (χ1n) is 15.6. The van der Waals surface area contributed by atoms with Gasteiger partial charge in [-0.3, -0.25) is 4.90 Å². The minimum Gasteiger partial charge on any atom is -0.454 e. The Morgan fingerprint density at radius 2 is 1.09 bits per heavy atom. The van der Waals surface area contributed by atoms with Crippen molar-refractivity contribution < 1.29 is 4.42 Å². The van der Waals surface area contributed by atoms with Crippen LogP contribution in [0.2, 0.25) is 0 Å². The number of para-hydroxylation sites is 1. The van der Waals surface area contributed by atoms with E-state index in [0.29, 0.717) is 0 Å². The molecule has 0 unspecified atom stereocenters. The molecular formula is C43H28N2O. The number of fused-ring (bicyclic) bond motifs is 6.